The third kappa shape index (κ3) is 8.65. The summed E-state index contributed by atoms with van der Waals surface area (Å²) in [7, 11) is 5.48. The van der Waals surface area contributed by atoms with Gasteiger partial charge in [-0.05, 0) is 44.0 Å². The molecule has 0 unspecified atom stereocenters. The molecule has 0 aliphatic carbocycles. The minimum Gasteiger partial charge on any atom is -0.493 e. The maximum atomic E-state index is 12.2. The molecule has 164 valence electrons. The average Bonchev–Trinajstić information content (AvgIpc) is 2.75. The van der Waals surface area contributed by atoms with Crippen LogP contribution in [0.15, 0.2) is 18.2 Å². The van der Waals surface area contributed by atoms with Gasteiger partial charge in [-0.2, -0.15) is 0 Å². The quantitative estimate of drug-likeness (QED) is 0.453. The van der Waals surface area contributed by atoms with E-state index < -0.39 is 0 Å². The Kier molecular flexibility index (Phi) is 10.9. The summed E-state index contributed by atoms with van der Waals surface area (Å²) in [6, 6.07) is 6.20. The van der Waals surface area contributed by atoms with Gasteiger partial charge in [-0.3, -0.25) is 4.79 Å². The molecule has 0 aromatic heterocycles. The van der Waals surface area contributed by atoms with Crippen LogP contribution in [-0.2, 0) is 11.2 Å². The van der Waals surface area contributed by atoms with E-state index in [0.29, 0.717) is 5.91 Å². The first-order valence-electron chi connectivity index (χ1n) is 11.3. The molecule has 0 bridgehead atoms. The number of nitrogens with zero attached hydrogens (tertiary/aromatic N) is 2. The highest BCUT2D eigenvalue weighted by Gasteiger charge is 2.18. The molecule has 0 radical (unpaired) electrons. The van der Waals surface area contributed by atoms with Gasteiger partial charge in [-0.1, -0.05) is 44.6 Å². The molecule has 5 nitrogen and oxygen atoms in total. The molecule has 5 heteroatoms. The molecule has 2 rings (SSSR count). The summed E-state index contributed by atoms with van der Waals surface area (Å²) in [5.41, 5.74) is 1.31. The lowest BCUT2D eigenvalue weighted by Crippen LogP contribution is -2.47. The van der Waals surface area contributed by atoms with Crippen LogP contribution < -0.4 is 9.47 Å². The van der Waals surface area contributed by atoms with Crippen molar-refractivity contribution in [1.82, 2.24) is 9.80 Å². The number of unbranched alkanes of at least 4 members (excludes halogenated alkanes) is 7. The number of benzene rings is 1. The van der Waals surface area contributed by atoms with Crippen LogP contribution in [0.2, 0.25) is 0 Å². The van der Waals surface area contributed by atoms with Gasteiger partial charge in [0.15, 0.2) is 11.5 Å². The van der Waals surface area contributed by atoms with Crippen LogP contribution in [0.25, 0.3) is 0 Å². The maximum Gasteiger partial charge on any atom is 0.222 e. The summed E-state index contributed by atoms with van der Waals surface area (Å²) in [5.74, 6) is 1.96. The zero-order valence-electron chi connectivity index (χ0n) is 18.8. The SMILES string of the molecule is COc1ccc(CCCCCCCCCCC(=O)N2CCN(C)CC2)cc1OC. The summed E-state index contributed by atoms with van der Waals surface area (Å²) in [6.45, 7) is 3.83. The van der Waals surface area contributed by atoms with Crippen LogP contribution in [0.1, 0.15) is 63.4 Å². The van der Waals surface area contributed by atoms with Crippen molar-refractivity contribution in [1.29, 1.82) is 0 Å². The zero-order chi connectivity index (χ0) is 20.9. The van der Waals surface area contributed by atoms with Crippen molar-refractivity contribution in [3.63, 3.8) is 0 Å². The van der Waals surface area contributed by atoms with Crippen LogP contribution in [0.3, 0.4) is 0 Å². The van der Waals surface area contributed by atoms with Crippen molar-refractivity contribution < 1.29 is 14.3 Å². The molecule has 1 aromatic carbocycles. The van der Waals surface area contributed by atoms with Gasteiger partial charge < -0.3 is 19.3 Å². The van der Waals surface area contributed by atoms with E-state index in [1.165, 1.54) is 50.5 Å². The summed E-state index contributed by atoms with van der Waals surface area (Å²) in [4.78, 5) is 16.5. The number of carbonyl (C=O) groups is 1. The number of methoxy groups -OCH3 is 2. The molecule has 0 saturated carbocycles. The smallest absolute Gasteiger partial charge is 0.222 e. The number of piperazine rings is 1. The Morgan fingerprint density at radius 1 is 0.828 bits per heavy atom. The van der Waals surface area contributed by atoms with Gasteiger partial charge in [-0.15, -0.1) is 0 Å². The Morgan fingerprint density at radius 3 is 2.03 bits per heavy atom. The highest BCUT2D eigenvalue weighted by Crippen LogP contribution is 2.28. The fraction of sp³-hybridized carbons (Fsp3) is 0.708. The lowest BCUT2D eigenvalue weighted by Gasteiger charge is -2.32. The lowest BCUT2D eigenvalue weighted by molar-refractivity contribution is -0.132. The van der Waals surface area contributed by atoms with Crippen molar-refractivity contribution in [3.8, 4) is 11.5 Å². The molecule has 1 aromatic rings. The van der Waals surface area contributed by atoms with Crippen molar-refractivity contribution in [3.05, 3.63) is 23.8 Å². The van der Waals surface area contributed by atoms with Crippen LogP contribution in [0.4, 0.5) is 0 Å². The van der Waals surface area contributed by atoms with Crippen molar-refractivity contribution in [2.24, 2.45) is 0 Å². The number of ether oxygens (including phenoxy) is 2. The van der Waals surface area contributed by atoms with E-state index in [2.05, 4.69) is 24.1 Å². The first kappa shape index (κ1) is 23.5. The van der Waals surface area contributed by atoms with Gasteiger partial charge in [0.1, 0.15) is 0 Å². The van der Waals surface area contributed by atoms with Gasteiger partial charge >= 0.3 is 0 Å². The predicted octanol–water partition coefficient (Wildman–Crippen LogP) is 4.53. The maximum absolute atomic E-state index is 12.2. The number of rotatable bonds is 13. The number of aryl methyl sites for hydroxylation is 1. The first-order chi connectivity index (χ1) is 14.1. The van der Waals surface area contributed by atoms with E-state index in [-0.39, 0.29) is 0 Å². The molecule has 29 heavy (non-hydrogen) atoms. The van der Waals surface area contributed by atoms with Crippen LogP contribution in [-0.4, -0.2) is 63.2 Å². The van der Waals surface area contributed by atoms with Crippen LogP contribution >= 0.6 is 0 Å². The Labute approximate surface area is 177 Å². The number of hydrogen-bond donors (Lipinski definition) is 0. The molecule has 0 spiro atoms. The minimum absolute atomic E-state index is 0.355. The van der Waals surface area contributed by atoms with E-state index in [4.69, 9.17) is 9.47 Å². The second kappa shape index (κ2) is 13.5. The van der Waals surface area contributed by atoms with Crippen molar-refractivity contribution in [2.45, 2.75) is 64.2 Å². The van der Waals surface area contributed by atoms with Crippen molar-refractivity contribution in [2.75, 3.05) is 47.4 Å². The monoisotopic (exact) mass is 404 g/mol. The van der Waals surface area contributed by atoms with Crippen LogP contribution in [0.5, 0.6) is 11.5 Å². The summed E-state index contributed by atoms with van der Waals surface area (Å²) >= 11 is 0. The number of amides is 1. The van der Waals surface area contributed by atoms with Gasteiger partial charge in [0, 0.05) is 32.6 Å². The minimum atomic E-state index is 0.355. The molecule has 0 atom stereocenters. The normalized spacial score (nSPS) is 14.8. The molecule has 1 amide bonds. The van der Waals surface area contributed by atoms with Gasteiger partial charge in [0.2, 0.25) is 5.91 Å². The molecule has 1 aliphatic rings. The predicted molar refractivity (Wildman–Crippen MR) is 119 cm³/mol. The molecule has 1 fully saturated rings. The Morgan fingerprint density at radius 2 is 1.41 bits per heavy atom. The van der Waals surface area contributed by atoms with E-state index in [9.17, 15) is 4.79 Å². The number of likely N-dealkylation sites (N-methyl/N-ethyl adjacent to an activating group) is 1. The summed E-state index contributed by atoms with van der Waals surface area (Å²) in [5, 5.41) is 0. The van der Waals surface area contributed by atoms with Crippen molar-refractivity contribution >= 4 is 5.91 Å². The summed E-state index contributed by atoms with van der Waals surface area (Å²) < 4.78 is 10.7. The number of hydrogen-bond acceptors (Lipinski definition) is 4. The third-order valence-corrected chi connectivity index (χ3v) is 5.91. The molecular weight excluding hydrogens is 364 g/mol. The molecule has 1 aliphatic heterocycles. The Balaban J connectivity index is 1.44. The zero-order valence-corrected chi connectivity index (χ0v) is 18.8. The topological polar surface area (TPSA) is 42.0 Å². The molecule has 1 heterocycles. The third-order valence-electron chi connectivity index (χ3n) is 5.91. The molecule has 0 N–H and O–H groups in total. The van der Waals surface area contributed by atoms with Gasteiger partial charge in [-0.25, -0.2) is 0 Å². The molecular formula is C24H40N2O3. The standard InChI is InChI=1S/C24H40N2O3/c1-25-16-18-26(19-17-25)24(27)13-11-9-7-5-4-6-8-10-12-21-14-15-22(28-2)23(20-21)29-3/h14-15,20H,4-13,16-19H2,1-3H3. The average molecular weight is 405 g/mol. The second-order valence-corrected chi connectivity index (χ2v) is 8.20. The summed E-state index contributed by atoms with van der Waals surface area (Å²) in [6.07, 6.45) is 11.7. The van der Waals surface area contributed by atoms with E-state index >= 15 is 0 Å². The highest BCUT2D eigenvalue weighted by molar-refractivity contribution is 5.76. The fourth-order valence-corrected chi connectivity index (χ4v) is 3.92. The van der Waals surface area contributed by atoms with E-state index in [1.54, 1.807) is 14.2 Å². The Bertz CT molecular complexity index is 598. The highest BCUT2D eigenvalue weighted by atomic mass is 16.5. The largest absolute Gasteiger partial charge is 0.493 e. The Hall–Kier alpha value is -1.75. The first-order valence-corrected chi connectivity index (χ1v) is 11.3. The van der Waals surface area contributed by atoms with E-state index in [0.717, 1.165) is 56.9 Å². The molecule has 1 saturated heterocycles. The van der Waals surface area contributed by atoms with E-state index in [1.807, 2.05) is 11.0 Å². The van der Waals surface area contributed by atoms with Crippen LogP contribution in [0, 0.1) is 0 Å². The number of carbonyl (C=O) groups excluding carboxylic acids is 1. The fourth-order valence-electron chi connectivity index (χ4n) is 3.92. The lowest BCUT2D eigenvalue weighted by atomic mass is 10.0. The van der Waals surface area contributed by atoms with Gasteiger partial charge in [0.05, 0.1) is 14.2 Å². The second-order valence-electron chi connectivity index (χ2n) is 8.20. The van der Waals surface area contributed by atoms with Gasteiger partial charge in [0.25, 0.3) is 0 Å².